The van der Waals surface area contributed by atoms with Crippen molar-refractivity contribution in [2.24, 2.45) is 7.05 Å². The van der Waals surface area contributed by atoms with E-state index in [0.29, 0.717) is 5.69 Å². The summed E-state index contributed by atoms with van der Waals surface area (Å²) in [6.45, 7) is 1.86. The Labute approximate surface area is 63.9 Å². The van der Waals surface area contributed by atoms with Gasteiger partial charge in [-0.2, -0.15) is 5.26 Å². The molecule has 1 aromatic heterocycles. The van der Waals surface area contributed by atoms with Gasteiger partial charge in [0.25, 0.3) is 0 Å². The van der Waals surface area contributed by atoms with Crippen LogP contribution in [0.4, 0.5) is 0 Å². The van der Waals surface area contributed by atoms with Crippen LogP contribution in [-0.2, 0) is 11.9 Å². The summed E-state index contributed by atoms with van der Waals surface area (Å²) in [7, 11) is 1.72. The highest BCUT2D eigenvalue weighted by molar-refractivity contribution is 5.87. The quantitative estimate of drug-likeness (QED) is 0.485. The average molecular weight is 155 g/mol. The maximum atomic E-state index is 10.8. The molecule has 0 aliphatic rings. The Morgan fingerprint density at radius 3 is 2.64 bits per heavy atom. The first-order chi connectivity index (χ1) is 5.16. The zero-order valence-electron chi connectivity index (χ0n) is 6.37. The van der Waals surface area contributed by atoms with Crippen LogP contribution in [-0.4, -0.2) is 15.8 Å². The highest BCUT2D eigenvalue weighted by Crippen LogP contribution is 2.06. The van der Waals surface area contributed by atoms with E-state index < -0.39 is 5.97 Å². The summed E-state index contributed by atoms with van der Waals surface area (Å²) in [5.74, 6) is -0.736. The predicted molar refractivity (Wildman–Crippen MR) is 38.2 cm³/mol. The minimum absolute atomic E-state index is 0.338. The average Bonchev–Trinajstić information content (AvgIpc) is 2.32. The second-order valence-corrected chi connectivity index (χ2v) is 2.30. The predicted octanol–water partition coefficient (Wildman–Crippen LogP) is 0.963. The van der Waals surface area contributed by atoms with Gasteiger partial charge in [0.05, 0.1) is 0 Å². The fourth-order valence-corrected chi connectivity index (χ4v) is 0.865. The molecule has 0 bridgehead atoms. The van der Waals surface area contributed by atoms with E-state index in [1.807, 2.05) is 6.92 Å². The number of nitrogens with zero attached hydrogens (tertiary/aromatic N) is 1. The molecule has 0 amide bonds. The Morgan fingerprint density at radius 1 is 1.64 bits per heavy atom. The van der Waals surface area contributed by atoms with Gasteiger partial charge in [0, 0.05) is 12.7 Å². The molecule has 60 valence electrons. The van der Waals surface area contributed by atoms with Crippen LogP contribution in [0, 0.1) is 6.92 Å². The molecule has 0 spiro atoms. The fourth-order valence-electron chi connectivity index (χ4n) is 0.865. The van der Waals surface area contributed by atoms with E-state index in [1.54, 1.807) is 23.7 Å². The smallest absolute Gasteiger partial charge is 0.342 e. The van der Waals surface area contributed by atoms with E-state index in [9.17, 15) is 4.79 Å². The monoisotopic (exact) mass is 155 g/mol. The second-order valence-electron chi connectivity index (χ2n) is 2.30. The highest BCUT2D eigenvalue weighted by Gasteiger charge is 2.11. The minimum Gasteiger partial charge on any atom is -0.342 e. The molecule has 11 heavy (non-hydrogen) atoms. The van der Waals surface area contributed by atoms with Crippen molar-refractivity contribution in [3.05, 3.63) is 23.5 Å². The van der Waals surface area contributed by atoms with E-state index in [2.05, 4.69) is 4.89 Å². The standard InChI is InChI=1S/C7H9NO3/c1-5-3-4-6(8(5)2)7(9)11-10/h3-4,10H,1-2H3. The first-order valence-corrected chi connectivity index (χ1v) is 3.15. The molecule has 4 nitrogen and oxygen atoms in total. The fraction of sp³-hybridized carbons (Fsp3) is 0.286. The van der Waals surface area contributed by atoms with Gasteiger partial charge in [-0.3, -0.25) is 4.89 Å². The Kier molecular flexibility index (Phi) is 1.96. The first kappa shape index (κ1) is 7.81. The van der Waals surface area contributed by atoms with Crippen LogP contribution >= 0.6 is 0 Å². The van der Waals surface area contributed by atoms with Crippen molar-refractivity contribution in [2.45, 2.75) is 6.92 Å². The van der Waals surface area contributed by atoms with Crippen LogP contribution in [0.15, 0.2) is 12.1 Å². The van der Waals surface area contributed by atoms with Gasteiger partial charge in [0.1, 0.15) is 5.69 Å². The molecular weight excluding hydrogens is 146 g/mol. The maximum Gasteiger partial charge on any atom is 0.389 e. The third-order valence-corrected chi connectivity index (χ3v) is 1.66. The molecule has 0 unspecified atom stereocenters. The third-order valence-electron chi connectivity index (χ3n) is 1.66. The molecule has 0 aliphatic carbocycles. The number of hydrogen-bond donors (Lipinski definition) is 1. The number of aromatic nitrogens is 1. The highest BCUT2D eigenvalue weighted by atomic mass is 17.1. The molecule has 0 fully saturated rings. The topological polar surface area (TPSA) is 51.5 Å². The Morgan fingerprint density at radius 2 is 2.27 bits per heavy atom. The van der Waals surface area contributed by atoms with Gasteiger partial charge in [-0.15, -0.1) is 0 Å². The number of aryl methyl sites for hydroxylation is 1. The molecule has 0 saturated heterocycles. The summed E-state index contributed by atoms with van der Waals surface area (Å²) in [6, 6.07) is 3.36. The number of carbonyl (C=O) groups excluding carboxylic acids is 1. The van der Waals surface area contributed by atoms with Crippen LogP contribution in [0.25, 0.3) is 0 Å². The van der Waals surface area contributed by atoms with Gasteiger partial charge in [-0.05, 0) is 19.1 Å². The molecule has 4 heteroatoms. The lowest BCUT2D eigenvalue weighted by Gasteiger charge is -1.99. The van der Waals surface area contributed by atoms with Gasteiger partial charge in [-0.1, -0.05) is 0 Å². The Balaban J connectivity index is 3.04. The van der Waals surface area contributed by atoms with Crippen molar-refractivity contribution in [1.82, 2.24) is 4.57 Å². The van der Waals surface area contributed by atoms with Crippen molar-refractivity contribution < 1.29 is 14.9 Å². The third kappa shape index (κ3) is 1.25. The van der Waals surface area contributed by atoms with Gasteiger partial charge < -0.3 is 4.57 Å². The van der Waals surface area contributed by atoms with Gasteiger partial charge in [0.2, 0.25) is 0 Å². The van der Waals surface area contributed by atoms with Crippen molar-refractivity contribution in [2.75, 3.05) is 0 Å². The van der Waals surface area contributed by atoms with Crippen LogP contribution in [0.2, 0.25) is 0 Å². The normalized spacial score (nSPS) is 9.73. The summed E-state index contributed by atoms with van der Waals surface area (Å²) < 4.78 is 1.64. The molecule has 0 aromatic carbocycles. The van der Waals surface area contributed by atoms with Crippen LogP contribution < -0.4 is 0 Å². The van der Waals surface area contributed by atoms with Crippen LogP contribution in [0.3, 0.4) is 0 Å². The first-order valence-electron chi connectivity index (χ1n) is 3.15. The van der Waals surface area contributed by atoms with Crippen molar-refractivity contribution in [3.63, 3.8) is 0 Å². The minimum atomic E-state index is -0.736. The van der Waals surface area contributed by atoms with Gasteiger partial charge in [-0.25, -0.2) is 4.79 Å². The summed E-state index contributed by atoms with van der Waals surface area (Å²) in [5.41, 5.74) is 1.27. The molecule has 0 atom stereocenters. The second kappa shape index (κ2) is 2.75. The summed E-state index contributed by atoms with van der Waals surface area (Å²) in [4.78, 5) is 14.3. The lowest BCUT2D eigenvalue weighted by atomic mass is 10.4. The zero-order chi connectivity index (χ0) is 8.43. The van der Waals surface area contributed by atoms with Crippen LogP contribution in [0.5, 0.6) is 0 Å². The molecule has 0 radical (unpaired) electrons. The van der Waals surface area contributed by atoms with Crippen molar-refractivity contribution in [3.8, 4) is 0 Å². The molecule has 0 saturated carbocycles. The summed E-state index contributed by atoms with van der Waals surface area (Å²) in [6.07, 6.45) is 0. The SMILES string of the molecule is Cc1ccc(C(=O)OO)n1C. The Hall–Kier alpha value is -1.29. The lowest BCUT2D eigenvalue weighted by molar-refractivity contribution is -0.183. The molecule has 1 aromatic rings. The van der Waals surface area contributed by atoms with E-state index >= 15 is 0 Å². The van der Waals surface area contributed by atoms with Gasteiger partial charge in [0.15, 0.2) is 0 Å². The largest absolute Gasteiger partial charge is 0.389 e. The zero-order valence-corrected chi connectivity index (χ0v) is 6.37. The van der Waals surface area contributed by atoms with Gasteiger partial charge >= 0.3 is 5.97 Å². The maximum absolute atomic E-state index is 10.8. The van der Waals surface area contributed by atoms with Crippen LogP contribution in [0.1, 0.15) is 16.2 Å². The van der Waals surface area contributed by atoms with Crippen molar-refractivity contribution in [1.29, 1.82) is 0 Å². The molecule has 1 heterocycles. The van der Waals surface area contributed by atoms with E-state index in [0.717, 1.165) is 5.69 Å². The van der Waals surface area contributed by atoms with E-state index in [4.69, 9.17) is 5.26 Å². The Bertz CT molecular complexity index is 277. The molecule has 1 rings (SSSR count). The summed E-state index contributed by atoms with van der Waals surface area (Å²) in [5, 5.41) is 8.06. The van der Waals surface area contributed by atoms with Crippen molar-refractivity contribution >= 4 is 5.97 Å². The van der Waals surface area contributed by atoms with E-state index in [1.165, 1.54) is 0 Å². The number of rotatable bonds is 1. The molecule has 0 aliphatic heterocycles. The molecular formula is C7H9NO3. The lowest BCUT2D eigenvalue weighted by Crippen LogP contribution is -2.08. The number of hydrogen-bond acceptors (Lipinski definition) is 3. The van der Waals surface area contributed by atoms with E-state index in [-0.39, 0.29) is 0 Å². The summed E-state index contributed by atoms with van der Waals surface area (Å²) >= 11 is 0. The molecule has 1 N–H and O–H groups in total. The number of carbonyl (C=O) groups is 1.